The van der Waals surface area contributed by atoms with Crippen LogP contribution in [0.1, 0.15) is 113 Å². The number of aryl methyl sites for hydroxylation is 1. The van der Waals surface area contributed by atoms with E-state index in [0.717, 1.165) is 52.8 Å². The van der Waals surface area contributed by atoms with Crippen molar-refractivity contribution in [1.82, 2.24) is 14.9 Å². The molecule has 0 radical (unpaired) electrons. The molecule has 2 aromatic heterocycles. The maximum absolute atomic E-state index is 14.0. The number of esters is 1. The highest BCUT2D eigenvalue weighted by Gasteiger charge is 2.58. The average Bonchev–Trinajstić information content (AvgIpc) is 3.40. The number of fused-ring (bicyclic) bond motifs is 1. The van der Waals surface area contributed by atoms with Gasteiger partial charge in [0, 0.05) is 60.6 Å². The largest absolute Gasteiger partial charge is 0.458 e. The van der Waals surface area contributed by atoms with E-state index < -0.39 is 25.9 Å². The van der Waals surface area contributed by atoms with Gasteiger partial charge < -0.3 is 13.9 Å². The van der Waals surface area contributed by atoms with E-state index in [4.69, 9.17) is 18.9 Å². The topological polar surface area (TPSA) is 90.6 Å². The summed E-state index contributed by atoms with van der Waals surface area (Å²) in [7, 11) is -0.306. The third-order valence-corrected chi connectivity index (χ3v) is 19.2. The number of thiazole rings is 2. The monoisotopic (exact) mass is 759 g/mol. The third-order valence-electron chi connectivity index (χ3n) is 12.7. The van der Waals surface area contributed by atoms with Gasteiger partial charge in [0.2, 0.25) is 0 Å². The molecule has 0 saturated carbocycles. The zero-order valence-corrected chi connectivity index (χ0v) is 36.5. The highest BCUT2D eigenvalue weighted by atomic mass is 32.1. The molecule has 0 spiro atoms. The molecule has 2 aromatic rings. The number of carbonyl (C=O) groups is 2. The minimum atomic E-state index is -1.90. The number of rotatable bonds is 8. The van der Waals surface area contributed by atoms with Gasteiger partial charge in [-0.05, 0) is 68.8 Å². The molecule has 286 valence electrons. The van der Waals surface area contributed by atoms with Crippen LogP contribution in [0.3, 0.4) is 0 Å². The molecule has 51 heavy (non-hydrogen) atoms. The lowest BCUT2D eigenvalue weighted by molar-refractivity contribution is -0.155. The number of ether oxygens (including phenoxy) is 2. The number of aromatic nitrogens is 2. The van der Waals surface area contributed by atoms with E-state index in [9.17, 15) is 9.59 Å². The van der Waals surface area contributed by atoms with Gasteiger partial charge in [0.1, 0.15) is 11.9 Å². The molecule has 2 aliphatic heterocycles. The average molecular weight is 760 g/mol. The van der Waals surface area contributed by atoms with Crippen molar-refractivity contribution in [3.05, 3.63) is 27.7 Å². The second-order valence-corrected chi connectivity index (χ2v) is 24.2. The van der Waals surface area contributed by atoms with Crippen LogP contribution in [0.25, 0.3) is 16.1 Å². The molecule has 2 saturated heterocycles. The minimum absolute atomic E-state index is 0.00588. The quantitative estimate of drug-likeness (QED) is 0.149. The first-order valence-electron chi connectivity index (χ1n) is 18.9. The van der Waals surface area contributed by atoms with Gasteiger partial charge >= 0.3 is 5.97 Å². The van der Waals surface area contributed by atoms with Crippen LogP contribution < -0.4 is 0 Å². The zero-order chi connectivity index (χ0) is 38.1. The van der Waals surface area contributed by atoms with Gasteiger partial charge in [-0.3, -0.25) is 14.5 Å². The molecule has 0 aromatic carbocycles. The number of hydrogen-bond acceptors (Lipinski definition) is 10. The SMILES string of the molecule is CO[C@H]1CC(=O)O[C@H](/C(C)=C/c2csc(-c3nc(C)cs3)n2)C[C@@H]2N(CCO[Si](C)(C)C(C)(C)C)[C@]2(C)CCC[C@H](C)[C@H](C)[C@@H](C)C(=O)C1(C)C. The van der Waals surface area contributed by atoms with E-state index in [-0.39, 0.29) is 46.6 Å². The maximum Gasteiger partial charge on any atom is 0.309 e. The van der Waals surface area contributed by atoms with E-state index in [2.05, 4.69) is 64.5 Å². The molecular weight excluding hydrogens is 695 g/mol. The Bertz CT molecular complexity index is 1540. The van der Waals surface area contributed by atoms with Gasteiger partial charge in [-0.25, -0.2) is 9.97 Å². The van der Waals surface area contributed by atoms with Crippen LogP contribution in [0, 0.1) is 30.1 Å². The molecule has 4 rings (SSSR count). The summed E-state index contributed by atoms with van der Waals surface area (Å²) in [5.74, 6) is 0.240. The Morgan fingerprint density at radius 2 is 1.75 bits per heavy atom. The first-order valence-corrected chi connectivity index (χ1v) is 23.5. The first-order chi connectivity index (χ1) is 23.6. The van der Waals surface area contributed by atoms with Crippen molar-refractivity contribution in [2.75, 3.05) is 20.3 Å². The fourth-order valence-electron chi connectivity index (χ4n) is 7.57. The molecular formula is C40H65N3O5S2Si. The van der Waals surface area contributed by atoms with Gasteiger partial charge in [0.15, 0.2) is 18.3 Å². The number of Topliss-reactive ketones (excluding diaryl/α,β-unsaturated/α-hetero) is 1. The molecule has 11 heteroatoms. The lowest BCUT2D eigenvalue weighted by Crippen LogP contribution is -2.45. The van der Waals surface area contributed by atoms with Crippen molar-refractivity contribution < 1.29 is 23.5 Å². The molecule has 8 atom stereocenters. The smallest absolute Gasteiger partial charge is 0.309 e. The normalized spacial score (nSPS) is 31.6. The Kier molecular flexibility index (Phi) is 13.4. The van der Waals surface area contributed by atoms with Crippen molar-refractivity contribution in [1.29, 1.82) is 0 Å². The Balaban J connectivity index is 1.66. The van der Waals surface area contributed by atoms with Gasteiger partial charge in [0.25, 0.3) is 0 Å². The van der Waals surface area contributed by atoms with Gasteiger partial charge in [-0.2, -0.15) is 0 Å². The summed E-state index contributed by atoms with van der Waals surface area (Å²) in [6.45, 7) is 29.8. The predicted octanol–water partition coefficient (Wildman–Crippen LogP) is 9.84. The molecule has 2 aliphatic rings. The molecule has 0 aliphatic carbocycles. The van der Waals surface area contributed by atoms with E-state index >= 15 is 0 Å². The second-order valence-electron chi connectivity index (χ2n) is 17.7. The summed E-state index contributed by atoms with van der Waals surface area (Å²) in [5, 5.41) is 6.02. The van der Waals surface area contributed by atoms with Crippen LogP contribution in [-0.2, 0) is 23.5 Å². The highest BCUT2D eigenvalue weighted by molar-refractivity contribution is 7.19. The molecule has 0 N–H and O–H groups in total. The van der Waals surface area contributed by atoms with Gasteiger partial charge in [-0.15, -0.1) is 22.7 Å². The van der Waals surface area contributed by atoms with E-state index in [1.807, 2.05) is 51.5 Å². The number of nitrogens with zero attached hydrogens (tertiary/aromatic N) is 3. The lowest BCUT2D eigenvalue weighted by Gasteiger charge is -2.36. The van der Waals surface area contributed by atoms with E-state index in [1.165, 1.54) is 0 Å². The van der Waals surface area contributed by atoms with Crippen LogP contribution in [0.15, 0.2) is 16.3 Å². The van der Waals surface area contributed by atoms with Crippen LogP contribution in [0.5, 0.6) is 0 Å². The first kappa shape index (κ1) is 42.0. The lowest BCUT2D eigenvalue weighted by atomic mass is 9.70. The van der Waals surface area contributed by atoms with Crippen molar-refractivity contribution in [3.8, 4) is 10.0 Å². The summed E-state index contributed by atoms with van der Waals surface area (Å²) in [6, 6.07) is 0.238. The van der Waals surface area contributed by atoms with E-state index in [1.54, 1.807) is 29.8 Å². The number of hydrogen-bond donors (Lipinski definition) is 0. The summed E-state index contributed by atoms with van der Waals surface area (Å²) >= 11 is 3.17. The summed E-state index contributed by atoms with van der Waals surface area (Å²) < 4.78 is 19.0. The van der Waals surface area contributed by atoms with Crippen LogP contribution in [0.2, 0.25) is 18.1 Å². The summed E-state index contributed by atoms with van der Waals surface area (Å²) in [4.78, 5) is 39.9. The van der Waals surface area contributed by atoms with Gasteiger partial charge in [-0.1, -0.05) is 68.2 Å². The van der Waals surface area contributed by atoms with Crippen molar-refractivity contribution in [2.45, 2.75) is 150 Å². The van der Waals surface area contributed by atoms with Crippen LogP contribution >= 0.6 is 22.7 Å². The molecule has 1 unspecified atom stereocenters. The molecule has 0 bridgehead atoms. The fraction of sp³-hybridized carbons (Fsp3) is 0.750. The number of cyclic esters (lactones) is 1. The number of carbonyl (C=O) groups excluding carboxylic acids is 2. The molecule has 4 heterocycles. The van der Waals surface area contributed by atoms with Crippen molar-refractivity contribution in [2.24, 2.45) is 23.2 Å². The zero-order valence-electron chi connectivity index (χ0n) is 33.8. The second kappa shape index (κ2) is 16.3. The fourth-order valence-corrected chi connectivity index (χ4v) is 10.2. The van der Waals surface area contributed by atoms with Crippen LogP contribution in [-0.4, -0.2) is 79.0 Å². The number of methoxy groups -OCH3 is 1. The number of ketones is 1. The molecule has 0 amide bonds. The molecule has 8 nitrogen and oxygen atoms in total. The van der Waals surface area contributed by atoms with E-state index in [0.29, 0.717) is 18.9 Å². The minimum Gasteiger partial charge on any atom is -0.458 e. The van der Waals surface area contributed by atoms with Crippen molar-refractivity contribution in [3.63, 3.8) is 0 Å². The van der Waals surface area contributed by atoms with Crippen molar-refractivity contribution >= 4 is 48.8 Å². The standard InChI is InChI=1S/C40H65N3O5S2Si/c1-25-16-15-17-40(11)32(43(40)18-19-47-51(13,14)38(6,7)8)21-31(26(2)20-30-24-50-37(42-30)36-41-27(3)23-49-36)48-34(44)22-33(46-12)39(9,10)35(45)29(5)28(25)4/h20,23-25,28-29,31-33H,15-19,21-22H2,1-14H3/b26-20+/t25-,28-,29+,31-,32-,33-,40+,43?/m0/s1. The highest BCUT2D eigenvalue weighted by Crippen LogP contribution is 2.49. The Hall–Kier alpha value is -1.76. The Labute approximate surface area is 317 Å². The third kappa shape index (κ3) is 9.68. The Morgan fingerprint density at radius 3 is 2.35 bits per heavy atom. The Morgan fingerprint density at radius 1 is 1.10 bits per heavy atom. The predicted molar refractivity (Wildman–Crippen MR) is 214 cm³/mol. The van der Waals surface area contributed by atoms with Gasteiger partial charge in [0.05, 0.1) is 23.6 Å². The maximum atomic E-state index is 14.0. The van der Waals surface area contributed by atoms with Crippen LogP contribution in [0.4, 0.5) is 0 Å². The molecule has 2 fully saturated rings. The summed E-state index contributed by atoms with van der Waals surface area (Å²) in [5.41, 5.74) is 1.89. The summed E-state index contributed by atoms with van der Waals surface area (Å²) in [6.07, 6.45) is 4.85.